The molecule has 1 N–H and O–H groups in total. The number of imide groups is 1. The Bertz CT molecular complexity index is 389. The molecule has 5 heteroatoms. The maximum atomic E-state index is 11.9. The van der Waals surface area contributed by atoms with Gasteiger partial charge >= 0.3 is 0 Å². The molecular formula is C11H14N2O2S. The zero-order valence-corrected chi connectivity index (χ0v) is 9.92. The predicted molar refractivity (Wildman–Crippen MR) is 62.0 cm³/mol. The number of amides is 2. The molecule has 1 saturated heterocycles. The van der Waals surface area contributed by atoms with Gasteiger partial charge in [0.15, 0.2) is 0 Å². The number of piperazine rings is 1. The molecule has 2 rings (SSSR count). The summed E-state index contributed by atoms with van der Waals surface area (Å²) in [5.41, 5.74) is 0. The van der Waals surface area contributed by atoms with E-state index in [0.717, 1.165) is 4.88 Å². The van der Waals surface area contributed by atoms with Gasteiger partial charge in [-0.3, -0.25) is 19.8 Å². The normalized spacial score (nSPS) is 21.6. The summed E-state index contributed by atoms with van der Waals surface area (Å²) >= 11 is 1.56. The van der Waals surface area contributed by atoms with E-state index in [9.17, 15) is 9.59 Å². The molecule has 2 heterocycles. The van der Waals surface area contributed by atoms with Crippen LogP contribution >= 0.6 is 11.3 Å². The van der Waals surface area contributed by atoms with Gasteiger partial charge in [-0.25, -0.2) is 0 Å². The number of nitrogens with one attached hydrogen (secondary N) is 1. The van der Waals surface area contributed by atoms with Crippen molar-refractivity contribution >= 4 is 23.2 Å². The summed E-state index contributed by atoms with van der Waals surface area (Å²) < 4.78 is 0. The van der Waals surface area contributed by atoms with Crippen LogP contribution in [0.15, 0.2) is 17.5 Å². The van der Waals surface area contributed by atoms with Gasteiger partial charge in [0.1, 0.15) is 0 Å². The fraction of sp³-hybridized carbons (Fsp3) is 0.455. The molecule has 1 aromatic heterocycles. The van der Waals surface area contributed by atoms with Crippen molar-refractivity contribution in [3.63, 3.8) is 0 Å². The van der Waals surface area contributed by atoms with E-state index in [2.05, 4.69) is 5.32 Å². The summed E-state index contributed by atoms with van der Waals surface area (Å²) in [6.07, 6.45) is 0.715. The first kappa shape index (κ1) is 11.3. The first-order chi connectivity index (χ1) is 7.72. The summed E-state index contributed by atoms with van der Waals surface area (Å²) in [6.45, 7) is 2.61. The summed E-state index contributed by atoms with van der Waals surface area (Å²) in [5, 5.41) is 4.89. The third-order valence-corrected chi connectivity index (χ3v) is 3.53. The van der Waals surface area contributed by atoms with Crippen LogP contribution in [0.1, 0.15) is 18.2 Å². The van der Waals surface area contributed by atoms with Crippen molar-refractivity contribution in [2.45, 2.75) is 25.9 Å². The van der Waals surface area contributed by atoms with E-state index >= 15 is 0 Å². The average Bonchev–Trinajstić information content (AvgIpc) is 2.77. The molecule has 1 aliphatic heterocycles. The Balaban J connectivity index is 2.11. The highest BCUT2D eigenvalue weighted by Crippen LogP contribution is 2.15. The van der Waals surface area contributed by atoms with E-state index in [0.29, 0.717) is 13.0 Å². The van der Waals surface area contributed by atoms with Crippen LogP contribution in [0.5, 0.6) is 0 Å². The van der Waals surface area contributed by atoms with Crippen molar-refractivity contribution in [1.82, 2.24) is 10.2 Å². The lowest BCUT2D eigenvalue weighted by Crippen LogP contribution is -2.57. The molecule has 86 valence electrons. The van der Waals surface area contributed by atoms with E-state index in [1.165, 1.54) is 4.90 Å². The minimum Gasteiger partial charge on any atom is -0.297 e. The third-order valence-electron chi connectivity index (χ3n) is 2.67. The van der Waals surface area contributed by atoms with Crippen LogP contribution in [-0.4, -0.2) is 29.3 Å². The maximum Gasteiger partial charge on any atom is 0.246 e. The van der Waals surface area contributed by atoms with Crippen molar-refractivity contribution < 1.29 is 9.59 Å². The van der Waals surface area contributed by atoms with E-state index in [-0.39, 0.29) is 24.4 Å². The standard InChI is InChI=1S/C11H14N2O2S/c1-2-9-11(15)13(10(14)6-12-9)7-8-4-3-5-16-8/h3-5,9,12H,2,6-7H2,1H3. The highest BCUT2D eigenvalue weighted by molar-refractivity contribution is 7.09. The first-order valence-corrected chi connectivity index (χ1v) is 6.20. The molecule has 0 saturated carbocycles. The molecule has 1 aliphatic rings. The number of thiophene rings is 1. The molecule has 1 fully saturated rings. The van der Waals surface area contributed by atoms with Gasteiger partial charge in [0.25, 0.3) is 0 Å². The predicted octanol–water partition coefficient (Wildman–Crippen LogP) is 0.985. The molecular weight excluding hydrogens is 224 g/mol. The lowest BCUT2D eigenvalue weighted by atomic mass is 10.1. The first-order valence-electron chi connectivity index (χ1n) is 5.32. The molecule has 0 aliphatic carbocycles. The topological polar surface area (TPSA) is 49.4 Å². The van der Waals surface area contributed by atoms with Gasteiger partial charge in [0.05, 0.1) is 19.1 Å². The summed E-state index contributed by atoms with van der Waals surface area (Å²) in [6, 6.07) is 3.65. The summed E-state index contributed by atoms with van der Waals surface area (Å²) in [5.74, 6) is -0.241. The SMILES string of the molecule is CCC1NCC(=O)N(Cc2cccs2)C1=O. The van der Waals surface area contributed by atoms with Gasteiger partial charge in [-0.05, 0) is 17.9 Å². The van der Waals surface area contributed by atoms with Crippen LogP contribution in [0.25, 0.3) is 0 Å². The molecule has 0 spiro atoms. The quantitative estimate of drug-likeness (QED) is 0.799. The number of carbonyl (C=O) groups excluding carboxylic acids is 2. The van der Waals surface area contributed by atoms with Gasteiger partial charge in [-0.1, -0.05) is 13.0 Å². The van der Waals surface area contributed by atoms with Crippen LogP contribution in [-0.2, 0) is 16.1 Å². The average molecular weight is 238 g/mol. The number of nitrogens with zero attached hydrogens (tertiary/aromatic N) is 1. The Morgan fingerprint density at radius 3 is 3.00 bits per heavy atom. The molecule has 0 aromatic carbocycles. The van der Waals surface area contributed by atoms with Gasteiger partial charge in [0, 0.05) is 4.88 Å². The number of hydrogen-bond donors (Lipinski definition) is 1. The van der Waals surface area contributed by atoms with Gasteiger partial charge in [0.2, 0.25) is 11.8 Å². The molecule has 1 aromatic rings. The lowest BCUT2D eigenvalue weighted by Gasteiger charge is -2.30. The second-order valence-electron chi connectivity index (χ2n) is 3.74. The molecule has 1 unspecified atom stereocenters. The Morgan fingerprint density at radius 2 is 2.38 bits per heavy atom. The van der Waals surface area contributed by atoms with E-state index in [4.69, 9.17) is 0 Å². The van der Waals surface area contributed by atoms with Crippen molar-refractivity contribution in [2.75, 3.05) is 6.54 Å². The lowest BCUT2D eigenvalue weighted by molar-refractivity contribution is -0.150. The van der Waals surface area contributed by atoms with Crippen molar-refractivity contribution in [3.05, 3.63) is 22.4 Å². The Hall–Kier alpha value is -1.20. The van der Waals surface area contributed by atoms with Gasteiger partial charge in [-0.2, -0.15) is 0 Å². The largest absolute Gasteiger partial charge is 0.297 e. The summed E-state index contributed by atoms with van der Waals surface area (Å²) in [4.78, 5) is 26.0. The fourth-order valence-electron chi connectivity index (χ4n) is 1.75. The van der Waals surface area contributed by atoms with Crippen LogP contribution < -0.4 is 5.32 Å². The number of carbonyl (C=O) groups is 2. The minimum atomic E-state index is -0.210. The third kappa shape index (κ3) is 2.15. The molecule has 0 bridgehead atoms. The van der Waals surface area contributed by atoms with Crippen molar-refractivity contribution in [2.24, 2.45) is 0 Å². The smallest absolute Gasteiger partial charge is 0.246 e. The Morgan fingerprint density at radius 1 is 1.56 bits per heavy atom. The number of hydrogen-bond acceptors (Lipinski definition) is 4. The molecule has 1 atom stereocenters. The highest BCUT2D eigenvalue weighted by atomic mass is 32.1. The van der Waals surface area contributed by atoms with E-state index in [1.54, 1.807) is 11.3 Å². The number of rotatable bonds is 3. The van der Waals surface area contributed by atoms with Crippen LogP contribution in [0, 0.1) is 0 Å². The van der Waals surface area contributed by atoms with E-state index in [1.807, 2.05) is 24.4 Å². The second kappa shape index (κ2) is 4.76. The van der Waals surface area contributed by atoms with Crippen LogP contribution in [0.4, 0.5) is 0 Å². The highest BCUT2D eigenvalue weighted by Gasteiger charge is 2.32. The Kier molecular flexibility index (Phi) is 3.36. The monoisotopic (exact) mass is 238 g/mol. The fourth-order valence-corrected chi connectivity index (χ4v) is 2.44. The Labute approximate surface area is 98.3 Å². The van der Waals surface area contributed by atoms with Crippen molar-refractivity contribution in [1.29, 1.82) is 0 Å². The van der Waals surface area contributed by atoms with Crippen molar-refractivity contribution in [3.8, 4) is 0 Å². The van der Waals surface area contributed by atoms with Crippen LogP contribution in [0.2, 0.25) is 0 Å². The van der Waals surface area contributed by atoms with Gasteiger partial charge in [-0.15, -0.1) is 11.3 Å². The maximum absolute atomic E-state index is 11.9. The second-order valence-corrected chi connectivity index (χ2v) is 4.77. The molecule has 16 heavy (non-hydrogen) atoms. The van der Waals surface area contributed by atoms with Gasteiger partial charge < -0.3 is 0 Å². The molecule has 4 nitrogen and oxygen atoms in total. The molecule has 0 radical (unpaired) electrons. The zero-order chi connectivity index (χ0) is 11.5. The molecule has 2 amide bonds. The summed E-state index contributed by atoms with van der Waals surface area (Å²) in [7, 11) is 0. The minimum absolute atomic E-state index is 0.104. The van der Waals surface area contributed by atoms with E-state index < -0.39 is 0 Å². The van der Waals surface area contributed by atoms with Crippen LogP contribution in [0.3, 0.4) is 0 Å². The zero-order valence-electron chi connectivity index (χ0n) is 9.10.